The van der Waals surface area contributed by atoms with Crippen LogP contribution in [-0.2, 0) is 10.8 Å². The van der Waals surface area contributed by atoms with E-state index >= 15 is 0 Å². The van der Waals surface area contributed by atoms with Crippen molar-refractivity contribution >= 4 is 10.8 Å². The zero-order valence-electron chi connectivity index (χ0n) is 7.86. The lowest BCUT2D eigenvalue weighted by Gasteiger charge is -2.08. The van der Waals surface area contributed by atoms with Crippen LogP contribution in [0.2, 0.25) is 0 Å². The lowest BCUT2D eigenvalue weighted by atomic mass is 10.1. The molecule has 1 aromatic rings. The molecular weight excluding hydrogens is 184 g/mol. The summed E-state index contributed by atoms with van der Waals surface area (Å²) in [6.07, 6.45) is 4.14. The highest BCUT2D eigenvalue weighted by molar-refractivity contribution is 7.84. The van der Waals surface area contributed by atoms with E-state index in [0.29, 0.717) is 5.03 Å². The number of hydrogen-bond acceptors (Lipinski definition) is 3. The van der Waals surface area contributed by atoms with Crippen molar-refractivity contribution in [1.82, 2.24) is 4.98 Å². The Morgan fingerprint density at radius 2 is 2.38 bits per heavy atom. The van der Waals surface area contributed by atoms with Crippen LogP contribution in [0.15, 0.2) is 23.4 Å². The average molecular weight is 198 g/mol. The summed E-state index contributed by atoms with van der Waals surface area (Å²) in [5.41, 5.74) is 6.84. The molecular formula is C9H14N2OS. The maximum absolute atomic E-state index is 11.1. The molecule has 4 heteroatoms. The molecule has 13 heavy (non-hydrogen) atoms. The second-order valence-corrected chi connectivity index (χ2v) is 4.22. The first-order valence-corrected chi connectivity index (χ1v) is 5.76. The molecule has 0 saturated heterocycles. The van der Waals surface area contributed by atoms with Gasteiger partial charge in [0.15, 0.2) is 0 Å². The molecule has 72 valence electrons. The van der Waals surface area contributed by atoms with Gasteiger partial charge in [0.25, 0.3) is 0 Å². The van der Waals surface area contributed by atoms with Gasteiger partial charge in [0.2, 0.25) is 0 Å². The first-order valence-electron chi connectivity index (χ1n) is 4.20. The third kappa shape index (κ3) is 2.60. The predicted octanol–water partition coefficient (Wildman–Crippen LogP) is 1.23. The zero-order chi connectivity index (χ0) is 9.84. The number of pyridine rings is 1. The number of nitrogens with two attached hydrogens (primary N) is 1. The van der Waals surface area contributed by atoms with Crippen molar-refractivity contribution in [2.75, 3.05) is 6.26 Å². The normalized spacial score (nSPS) is 15.3. The van der Waals surface area contributed by atoms with Gasteiger partial charge in [-0.15, -0.1) is 0 Å². The van der Waals surface area contributed by atoms with E-state index in [4.69, 9.17) is 5.73 Å². The van der Waals surface area contributed by atoms with Gasteiger partial charge in [-0.25, -0.2) is 4.98 Å². The van der Waals surface area contributed by atoms with Gasteiger partial charge in [-0.1, -0.05) is 6.92 Å². The van der Waals surface area contributed by atoms with E-state index in [-0.39, 0.29) is 6.04 Å². The van der Waals surface area contributed by atoms with E-state index in [1.807, 2.05) is 19.1 Å². The van der Waals surface area contributed by atoms with Gasteiger partial charge in [0.05, 0.1) is 10.8 Å². The topological polar surface area (TPSA) is 56.0 Å². The van der Waals surface area contributed by atoms with Crippen LogP contribution < -0.4 is 5.73 Å². The SMILES string of the molecule is CC[C@H](N)c1ccnc(S(C)=O)c1. The van der Waals surface area contributed by atoms with Crippen molar-refractivity contribution in [2.45, 2.75) is 24.4 Å². The average Bonchev–Trinajstić information content (AvgIpc) is 2.17. The summed E-state index contributed by atoms with van der Waals surface area (Å²) in [5, 5.41) is 0.599. The molecule has 0 fully saturated rings. The van der Waals surface area contributed by atoms with Crippen LogP contribution in [0, 0.1) is 0 Å². The Morgan fingerprint density at radius 3 is 2.92 bits per heavy atom. The summed E-state index contributed by atoms with van der Waals surface area (Å²) in [7, 11) is -1.02. The van der Waals surface area contributed by atoms with Gasteiger partial charge in [0.1, 0.15) is 5.03 Å². The molecule has 2 atom stereocenters. The van der Waals surface area contributed by atoms with Gasteiger partial charge < -0.3 is 5.73 Å². The lowest BCUT2D eigenvalue weighted by Crippen LogP contribution is -2.09. The molecule has 0 bridgehead atoms. The summed E-state index contributed by atoms with van der Waals surface area (Å²) in [4.78, 5) is 4.00. The largest absolute Gasteiger partial charge is 0.324 e. The van der Waals surface area contributed by atoms with Crippen LogP contribution in [0.5, 0.6) is 0 Å². The Hall–Kier alpha value is -0.740. The Morgan fingerprint density at radius 1 is 1.69 bits per heavy atom. The minimum absolute atomic E-state index is 0.0188. The quantitative estimate of drug-likeness (QED) is 0.794. The van der Waals surface area contributed by atoms with Crippen LogP contribution >= 0.6 is 0 Å². The first kappa shape index (κ1) is 10.3. The fraction of sp³-hybridized carbons (Fsp3) is 0.444. The number of rotatable bonds is 3. The Balaban J connectivity index is 2.98. The third-order valence-electron chi connectivity index (χ3n) is 1.92. The van der Waals surface area contributed by atoms with Crippen LogP contribution in [0.1, 0.15) is 24.9 Å². The van der Waals surface area contributed by atoms with E-state index in [1.54, 1.807) is 12.5 Å². The molecule has 1 rings (SSSR count). The summed E-state index contributed by atoms with van der Waals surface area (Å²) in [6, 6.07) is 3.69. The molecule has 0 aliphatic carbocycles. The maximum atomic E-state index is 11.1. The standard InChI is InChI=1S/C9H14N2OS/c1-3-8(10)7-4-5-11-9(6-7)13(2)12/h4-6,8H,3,10H2,1-2H3/t8-,13?/m0/s1. The molecule has 0 amide bonds. The van der Waals surface area contributed by atoms with Crippen molar-refractivity contribution in [1.29, 1.82) is 0 Å². The molecule has 1 unspecified atom stereocenters. The van der Waals surface area contributed by atoms with Crippen molar-refractivity contribution in [3.05, 3.63) is 23.9 Å². The van der Waals surface area contributed by atoms with E-state index in [2.05, 4.69) is 4.98 Å². The van der Waals surface area contributed by atoms with Gasteiger partial charge in [0, 0.05) is 18.5 Å². The molecule has 1 heterocycles. The van der Waals surface area contributed by atoms with Gasteiger partial charge in [-0.2, -0.15) is 0 Å². The van der Waals surface area contributed by atoms with Gasteiger partial charge >= 0.3 is 0 Å². The van der Waals surface area contributed by atoms with Crippen molar-refractivity contribution in [2.24, 2.45) is 5.73 Å². The maximum Gasteiger partial charge on any atom is 0.127 e. The van der Waals surface area contributed by atoms with E-state index in [9.17, 15) is 4.21 Å². The predicted molar refractivity (Wildman–Crippen MR) is 53.8 cm³/mol. The Kier molecular flexibility index (Phi) is 3.57. The highest BCUT2D eigenvalue weighted by atomic mass is 32.2. The zero-order valence-corrected chi connectivity index (χ0v) is 8.67. The Bertz CT molecular complexity index is 314. The molecule has 0 aliphatic heterocycles. The highest BCUT2D eigenvalue weighted by Crippen LogP contribution is 2.14. The molecule has 1 aromatic heterocycles. The number of nitrogens with zero attached hydrogens (tertiary/aromatic N) is 1. The smallest absolute Gasteiger partial charge is 0.127 e. The molecule has 0 spiro atoms. The molecule has 0 radical (unpaired) electrons. The lowest BCUT2D eigenvalue weighted by molar-refractivity contribution is 0.679. The molecule has 2 N–H and O–H groups in total. The van der Waals surface area contributed by atoms with E-state index in [1.165, 1.54) is 0 Å². The summed E-state index contributed by atoms with van der Waals surface area (Å²) >= 11 is 0. The first-order chi connectivity index (χ1) is 6.15. The van der Waals surface area contributed by atoms with E-state index in [0.717, 1.165) is 12.0 Å². The monoisotopic (exact) mass is 198 g/mol. The van der Waals surface area contributed by atoms with Crippen molar-refractivity contribution < 1.29 is 4.21 Å². The molecule has 0 aromatic carbocycles. The highest BCUT2D eigenvalue weighted by Gasteiger charge is 2.05. The van der Waals surface area contributed by atoms with Crippen LogP contribution in [0.4, 0.5) is 0 Å². The molecule has 3 nitrogen and oxygen atoms in total. The summed E-state index contributed by atoms with van der Waals surface area (Å²) < 4.78 is 11.1. The Labute approximate surface area is 80.8 Å². The summed E-state index contributed by atoms with van der Waals surface area (Å²) in [6.45, 7) is 2.02. The van der Waals surface area contributed by atoms with Crippen molar-refractivity contribution in [3.8, 4) is 0 Å². The minimum Gasteiger partial charge on any atom is -0.324 e. The molecule has 0 saturated carbocycles. The number of hydrogen-bond donors (Lipinski definition) is 1. The fourth-order valence-electron chi connectivity index (χ4n) is 1.05. The fourth-order valence-corrected chi connectivity index (χ4v) is 1.56. The van der Waals surface area contributed by atoms with E-state index < -0.39 is 10.8 Å². The second-order valence-electron chi connectivity index (χ2n) is 2.90. The van der Waals surface area contributed by atoms with Crippen LogP contribution in [-0.4, -0.2) is 15.4 Å². The number of aromatic nitrogens is 1. The van der Waals surface area contributed by atoms with Crippen LogP contribution in [0.25, 0.3) is 0 Å². The van der Waals surface area contributed by atoms with Crippen molar-refractivity contribution in [3.63, 3.8) is 0 Å². The van der Waals surface area contributed by atoms with Crippen LogP contribution in [0.3, 0.4) is 0 Å². The van der Waals surface area contributed by atoms with Gasteiger partial charge in [-0.05, 0) is 24.1 Å². The third-order valence-corrected chi connectivity index (χ3v) is 2.73. The minimum atomic E-state index is -1.02. The second kappa shape index (κ2) is 4.48. The molecule has 0 aliphatic rings. The van der Waals surface area contributed by atoms with Gasteiger partial charge in [-0.3, -0.25) is 4.21 Å². The summed E-state index contributed by atoms with van der Waals surface area (Å²) in [5.74, 6) is 0.